The molecule has 0 heterocycles. The van der Waals surface area contributed by atoms with Gasteiger partial charge in [0.2, 0.25) is 5.91 Å². The predicted molar refractivity (Wildman–Crippen MR) is 66.2 cm³/mol. The maximum atomic E-state index is 11.9. The summed E-state index contributed by atoms with van der Waals surface area (Å²) < 4.78 is 5.39. The van der Waals surface area contributed by atoms with E-state index in [9.17, 15) is 4.79 Å². The summed E-state index contributed by atoms with van der Waals surface area (Å²) in [6, 6.07) is -0.394. The number of carbonyl (C=O) groups excluding carboxylic acids is 1. The Balaban J connectivity index is 3.98. The zero-order chi connectivity index (χ0) is 12.7. The van der Waals surface area contributed by atoms with Gasteiger partial charge in [0.25, 0.3) is 0 Å². The molecule has 0 saturated carbocycles. The third-order valence-corrected chi connectivity index (χ3v) is 2.80. The molecule has 0 aliphatic heterocycles. The fourth-order valence-corrected chi connectivity index (χ4v) is 1.29. The van der Waals surface area contributed by atoms with E-state index in [1.807, 2.05) is 27.7 Å². The number of amides is 1. The Kier molecular flexibility index (Phi) is 7.34. The Morgan fingerprint density at radius 2 is 1.94 bits per heavy atom. The second-order valence-corrected chi connectivity index (χ2v) is 4.59. The third-order valence-electron chi connectivity index (χ3n) is 2.80. The van der Waals surface area contributed by atoms with E-state index in [1.165, 1.54) is 0 Å². The topological polar surface area (TPSA) is 55.6 Å². The molecule has 4 nitrogen and oxygen atoms in total. The molecule has 0 radical (unpaired) electrons. The number of nitrogens with two attached hydrogens (primary N) is 1. The minimum atomic E-state index is -0.394. The van der Waals surface area contributed by atoms with E-state index < -0.39 is 6.04 Å². The number of hydrogen-bond acceptors (Lipinski definition) is 3. The van der Waals surface area contributed by atoms with Crippen LogP contribution in [-0.4, -0.2) is 43.2 Å². The Hall–Kier alpha value is -0.610. The molecule has 2 unspecified atom stereocenters. The molecule has 0 fully saturated rings. The Morgan fingerprint density at radius 3 is 2.38 bits per heavy atom. The molecule has 0 aliphatic rings. The molecule has 0 aromatic carbocycles. The summed E-state index contributed by atoms with van der Waals surface area (Å²) in [6.45, 7) is 9.16. The number of likely N-dealkylation sites (N-methyl/N-ethyl adjacent to an activating group) is 1. The van der Waals surface area contributed by atoms with E-state index >= 15 is 0 Å². The molecular weight excluding hydrogens is 204 g/mol. The van der Waals surface area contributed by atoms with E-state index in [2.05, 4.69) is 0 Å². The van der Waals surface area contributed by atoms with Gasteiger partial charge in [0.15, 0.2) is 0 Å². The number of carbonyl (C=O) groups is 1. The van der Waals surface area contributed by atoms with Crippen LogP contribution < -0.4 is 5.73 Å². The van der Waals surface area contributed by atoms with Gasteiger partial charge >= 0.3 is 0 Å². The van der Waals surface area contributed by atoms with Crippen LogP contribution in [0.1, 0.15) is 34.1 Å². The number of ether oxygens (including phenoxy) is 1. The van der Waals surface area contributed by atoms with Crippen molar-refractivity contribution in [1.29, 1.82) is 0 Å². The average molecular weight is 230 g/mol. The van der Waals surface area contributed by atoms with Crippen molar-refractivity contribution in [2.75, 3.05) is 20.2 Å². The Morgan fingerprint density at radius 1 is 1.38 bits per heavy atom. The Labute approximate surface area is 99.1 Å². The minimum absolute atomic E-state index is 0.00158. The average Bonchev–Trinajstić information content (AvgIpc) is 2.25. The van der Waals surface area contributed by atoms with Crippen LogP contribution in [-0.2, 0) is 9.53 Å². The fourth-order valence-electron chi connectivity index (χ4n) is 1.29. The molecular formula is C12H26N2O2. The highest BCUT2D eigenvalue weighted by Crippen LogP contribution is 2.07. The van der Waals surface area contributed by atoms with E-state index in [1.54, 1.807) is 11.9 Å². The predicted octanol–water partition coefficient (Wildman–Crippen LogP) is 1.24. The SMILES string of the molecule is CCC(C)C(N)C(=O)N(C)CCOC(C)C. The van der Waals surface area contributed by atoms with E-state index in [0.29, 0.717) is 13.2 Å². The zero-order valence-electron chi connectivity index (χ0n) is 11.2. The van der Waals surface area contributed by atoms with Crippen LogP contribution in [0.4, 0.5) is 0 Å². The number of rotatable bonds is 7. The van der Waals surface area contributed by atoms with Crippen LogP contribution in [0.25, 0.3) is 0 Å². The highest BCUT2D eigenvalue weighted by atomic mass is 16.5. The molecule has 2 atom stereocenters. The smallest absolute Gasteiger partial charge is 0.239 e. The maximum absolute atomic E-state index is 11.9. The number of hydrogen-bond donors (Lipinski definition) is 1. The van der Waals surface area contributed by atoms with E-state index in [4.69, 9.17) is 10.5 Å². The second-order valence-electron chi connectivity index (χ2n) is 4.59. The largest absolute Gasteiger partial charge is 0.377 e. The van der Waals surface area contributed by atoms with Gasteiger partial charge in [0.05, 0.1) is 18.8 Å². The fraction of sp³-hybridized carbons (Fsp3) is 0.917. The lowest BCUT2D eigenvalue weighted by Crippen LogP contribution is -2.46. The summed E-state index contributed by atoms with van der Waals surface area (Å²) in [5.74, 6) is 0.225. The molecule has 0 bridgehead atoms. The third kappa shape index (κ3) is 5.47. The van der Waals surface area contributed by atoms with Crippen molar-refractivity contribution in [2.24, 2.45) is 11.7 Å². The van der Waals surface area contributed by atoms with Crippen LogP contribution in [0.2, 0.25) is 0 Å². The Bertz CT molecular complexity index is 207. The van der Waals surface area contributed by atoms with Gasteiger partial charge in [-0.2, -0.15) is 0 Å². The zero-order valence-corrected chi connectivity index (χ0v) is 11.2. The molecule has 0 aromatic rings. The minimum Gasteiger partial charge on any atom is -0.377 e. The molecule has 1 amide bonds. The molecule has 0 rings (SSSR count). The van der Waals surface area contributed by atoms with Crippen molar-refractivity contribution < 1.29 is 9.53 Å². The lowest BCUT2D eigenvalue weighted by Gasteiger charge is -2.24. The van der Waals surface area contributed by atoms with Crippen LogP contribution >= 0.6 is 0 Å². The highest BCUT2D eigenvalue weighted by molar-refractivity contribution is 5.81. The van der Waals surface area contributed by atoms with Gasteiger partial charge in [-0.15, -0.1) is 0 Å². The molecule has 0 aromatic heterocycles. The summed E-state index contributed by atoms with van der Waals surface area (Å²) in [7, 11) is 1.77. The monoisotopic (exact) mass is 230 g/mol. The normalized spacial score (nSPS) is 14.9. The van der Waals surface area contributed by atoms with E-state index in [-0.39, 0.29) is 17.9 Å². The first kappa shape index (κ1) is 15.4. The standard InChI is InChI=1S/C12H26N2O2/c1-6-10(4)11(13)12(15)14(5)7-8-16-9(2)3/h9-11H,6-8,13H2,1-5H3. The molecule has 0 aliphatic carbocycles. The summed E-state index contributed by atoms with van der Waals surface area (Å²) in [5, 5.41) is 0. The van der Waals surface area contributed by atoms with Crippen LogP contribution in [0.3, 0.4) is 0 Å². The molecule has 96 valence electrons. The van der Waals surface area contributed by atoms with Gasteiger partial charge in [0.1, 0.15) is 0 Å². The second kappa shape index (κ2) is 7.63. The summed E-state index contributed by atoms with van der Waals surface area (Å²) in [4.78, 5) is 13.5. The van der Waals surface area contributed by atoms with Crippen molar-refractivity contribution in [3.63, 3.8) is 0 Å². The first-order chi connectivity index (χ1) is 7.40. The maximum Gasteiger partial charge on any atom is 0.239 e. The first-order valence-electron chi connectivity index (χ1n) is 6.02. The van der Waals surface area contributed by atoms with Gasteiger partial charge in [-0.3, -0.25) is 4.79 Å². The van der Waals surface area contributed by atoms with Gasteiger partial charge in [-0.25, -0.2) is 0 Å². The molecule has 4 heteroatoms. The lowest BCUT2D eigenvalue weighted by atomic mass is 9.99. The van der Waals surface area contributed by atoms with E-state index in [0.717, 1.165) is 6.42 Å². The van der Waals surface area contributed by atoms with Gasteiger partial charge < -0.3 is 15.4 Å². The van der Waals surface area contributed by atoms with Crippen LogP contribution in [0.5, 0.6) is 0 Å². The van der Waals surface area contributed by atoms with Crippen molar-refractivity contribution in [2.45, 2.75) is 46.3 Å². The van der Waals surface area contributed by atoms with Crippen molar-refractivity contribution in [1.82, 2.24) is 4.90 Å². The molecule has 16 heavy (non-hydrogen) atoms. The molecule has 0 spiro atoms. The van der Waals surface area contributed by atoms with Crippen LogP contribution in [0.15, 0.2) is 0 Å². The number of nitrogens with zero attached hydrogens (tertiary/aromatic N) is 1. The summed E-state index contributed by atoms with van der Waals surface area (Å²) in [6.07, 6.45) is 1.12. The van der Waals surface area contributed by atoms with Gasteiger partial charge in [0, 0.05) is 13.6 Å². The highest BCUT2D eigenvalue weighted by Gasteiger charge is 2.22. The van der Waals surface area contributed by atoms with Crippen molar-refractivity contribution in [3.05, 3.63) is 0 Å². The van der Waals surface area contributed by atoms with Crippen LogP contribution in [0, 0.1) is 5.92 Å². The lowest BCUT2D eigenvalue weighted by molar-refractivity contribution is -0.133. The van der Waals surface area contributed by atoms with Gasteiger partial charge in [-0.1, -0.05) is 20.3 Å². The quantitative estimate of drug-likeness (QED) is 0.716. The van der Waals surface area contributed by atoms with Crippen molar-refractivity contribution >= 4 is 5.91 Å². The van der Waals surface area contributed by atoms with Gasteiger partial charge in [-0.05, 0) is 19.8 Å². The van der Waals surface area contributed by atoms with Crippen molar-refractivity contribution in [3.8, 4) is 0 Å². The molecule has 0 saturated heterocycles. The summed E-state index contributed by atoms with van der Waals surface area (Å²) >= 11 is 0. The first-order valence-corrected chi connectivity index (χ1v) is 6.02. The molecule has 2 N–H and O–H groups in total. The summed E-state index contributed by atoms with van der Waals surface area (Å²) in [5.41, 5.74) is 5.87.